The first-order valence-electron chi connectivity index (χ1n) is 18.4. The SMILES string of the molecule is [2H]CC(COCNC(=O)OCC1c2ccccc2-c2ccccc21)OP(OCNC(=O)OCC1c2ccccc2-c2ccccc21)N(C(C)C)C(C)C. The molecule has 0 radical (unpaired) electrons. The second-order valence-electron chi connectivity index (χ2n) is 13.3. The number of alkyl carbamates (subject to hydrolysis) is 2. The summed E-state index contributed by atoms with van der Waals surface area (Å²) in [5, 5.41) is 5.34. The van der Waals surface area contributed by atoms with Crippen LogP contribution in [0, 0.1) is 0 Å². The quantitative estimate of drug-likeness (QED) is 0.0671. The Morgan fingerprint density at radius 1 is 0.673 bits per heavy atom. The van der Waals surface area contributed by atoms with E-state index in [0.717, 1.165) is 44.5 Å². The van der Waals surface area contributed by atoms with Gasteiger partial charge in [0.15, 0.2) is 0 Å². The molecule has 11 heteroatoms. The van der Waals surface area contributed by atoms with Gasteiger partial charge in [-0.25, -0.2) is 14.3 Å². The lowest BCUT2D eigenvalue weighted by atomic mass is 9.98. The van der Waals surface area contributed by atoms with Crippen molar-refractivity contribution < 1.29 is 34.2 Å². The fourth-order valence-corrected chi connectivity index (χ4v) is 8.58. The maximum absolute atomic E-state index is 12.8. The van der Waals surface area contributed by atoms with E-state index in [-0.39, 0.29) is 64.1 Å². The topological polar surface area (TPSA) is 108 Å². The van der Waals surface area contributed by atoms with Crippen LogP contribution in [0.3, 0.4) is 0 Å². The number of rotatable bonds is 16. The van der Waals surface area contributed by atoms with E-state index in [2.05, 4.69) is 63.8 Å². The van der Waals surface area contributed by atoms with E-state index in [1.807, 2.05) is 76.2 Å². The normalized spacial score (nSPS) is 14.7. The molecule has 2 N–H and O–H groups in total. The van der Waals surface area contributed by atoms with Crippen molar-refractivity contribution in [3.05, 3.63) is 119 Å². The van der Waals surface area contributed by atoms with Gasteiger partial charge in [0.1, 0.15) is 26.7 Å². The number of amides is 2. The van der Waals surface area contributed by atoms with Crippen LogP contribution in [0.15, 0.2) is 97.1 Å². The van der Waals surface area contributed by atoms with Crippen molar-refractivity contribution in [2.45, 2.75) is 64.6 Å². The van der Waals surface area contributed by atoms with E-state index in [4.69, 9.17) is 24.6 Å². The third kappa shape index (κ3) is 8.65. The first-order chi connectivity index (χ1) is 25.8. The number of ether oxygens (including phenoxy) is 3. The number of fused-ring (bicyclic) bond motifs is 6. The van der Waals surface area contributed by atoms with Gasteiger partial charge in [0.05, 0.1) is 12.7 Å². The van der Waals surface area contributed by atoms with E-state index in [1.54, 1.807) is 0 Å². The van der Waals surface area contributed by atoms with E-state index in [0.29, 0.717) is 0 Å². The Hall–Kier alpha value is -4.31. The lowest BCUT2D eigenvalue weighted by Gasteiger charge is -2.36. The second-order valence-corrected chi connectivity index (χ2v) is 14.7. The first kappa shape index (κ1) is 36.1. The highest BCUT2D eigenvalue weighted by Gasteiger charge is 2.32. The highest BCUT2D eigenvalue weighted by molar-refractivity contribution is 7.44. The molecular formula is C41H48N3O7P. The number of nitrogens with zero attached hydrogens (tertiary/aromatic N) is 1. The predicted octanol–water partition coefficient (Wildman–Crippen LogP) is 8.76. The molecule has 0 aromatic heterocycles. The van der Waals surface area contributed by atoms with Crippen LogP contribution in [-0.4, -0.2) is 68.3 Å². The van der Waals surface area contributed by atoms with Crippen molar-refractivity contribution >= 4 is 20.7 Å². The van der Waals surface area contributed by atoms with Gasteiger partial charge in [-0.2, -0.15) is 0 Å². The highest BCUT2D eigenvalue weighted by Crippen LogP contribution is 2.47. The summed E-state index contributed by atoms with van der Waals surface area (Å²) in [6.07, 6.45) is -1.84. The summed E-state index contributed by atoms with van der Waals surface area (Å²) >= 11 is 0. The summed E-state index contributed by atoms with van der Waals surface area (Å²) in [6, 6.07) is 32.8. The molecule has 274 valence electrons. The lowest BCUT2D eigenvalue weighted by molar-refractivity contribution is 0.0347. The maximum atomic E-state index is 12.8. The zero-order valence-corrected chi connectivity index (χ0v) is 31.0. The third-order valence-electron chi connectivity index (χ3n) is 9.19. The van der Waals surface area contributed by atoms with Crippen LogP contribution in [0.4, 0.5) is 9.59 Å². The Labute approximate surface area is 309 Å². The summed E-state index contributed by atoms with van der Waals surface area (Å²) < 4.78 is 39.6. The minimum atomic E-state index is -1.70. The fraction of sp³-hybridized carbons (Fsp3) is 0.366. The molecule has 0 spiro atoms. The Balaban J connectivity index is 0.957. The minimum Gasteiger partial charge on any atom is -0.449 e. The fourth-order valence-electron chi connectivity index (χ4n) is 7.03. The molecule has 0 saturated carbocycles. The van der Waals surface area contributed by atoms with Gasteiger partial charge in [0, 0.05) is 25.3 Å². The largest absolute Gasteiger partial charge is 0.449 e. The molecule has 4 aromatic carbocycles. The van der Waals surface area contributed by atoms with Gasteiger partial charge < -0.3 is 23.3 Å². The Morgan fingerprint density at radius 3 is 1.48 bits per heavy atom. The van der Waals surface area contributed by atoms with Crippen molar-refractivity contribution in [2.75, 3.05) is 33.3 Å². The van der Waals surface area contributed by atoms with Crippen LogP contribution < -0.4 is 10.6 Å². The van der Waals surface area contributed by atoms with E-state index in [9.17, 15) is 9.59 Å². The molecule has 0 saturated heterocycles. The zero-order valence-electron chi connectivity index (χ0n) is 31.1. The molecule has 2 amide bonds. The Bertz CT molecular complexity index is 1760. The maximum Gasteiger partial charge on any atom is 0.408 e. The van der Waals surface area contributed by atoms with E-state index >= 15 is 0 Å². The first-order valence-corrected chi connectivity index (χ1v) is 18.8. The van der Waals surface area contributed by atoms with Crippen molar-refractivity contribution in [1.82, 2.24) is 15.3 Å². The average Bonchev–Trinajstić information content (AvgIpc) is 3.66. The molecule has 52 heavy (non-hydrogen) atoms. The van der Waals surface area contributed by atoms with E-state index in [1.165, 1.54) is 0 Å². The van der Waals surface area contributed by atoms with Crippen molar-refractivity contribution in [1.29, 1.82) is 0 Å². The summed E-state index contributed by atoms with van der Waals surface area (Å²) in [7, 11) is -1.70. The number of nitrogens with one attached hydrogen (secondary N) is 2. The van der Waals surface area contributed by atoms with Crippen LogP contribution in [-0.2, 0) is 23.3 Å². The highest BCUT2D eigenvalue weighted by atomic mass is 31.2. The number of hydrogen-bond acceptors (Lipinski definition) is 8. The molecule has 2 aliphatic carbocycles. The van der Waals surface area contributed by atoms with E-state index < -0.39 is 26.8 Å². The molecule has 0 heterocycles. The zero-order chi connectivity index (χ0) is 37.3. The number of carbonyl (C=O) groups excluding carboxylic acids is 2. The smallest absolute Gasteiger partial charge is 0.408 e. The van der Waals surface area contributed by atoms with Gasteiger partial charge in [0.2, 0.25) is 0 Å². The van der Waals surface area contributed by atoms with Crippen LogP contribution in [0.25, 0.3) is 22.3 Å². The van der Waals surface area contributed by atoms with Gasteiger partial charge >= 0.3 is 12.2 Å². The second kappa shape index (κ2) is 17.5. The molecule has 0 fully saturated rings. The van der Waals surface area contributed by atoms with Gasteiger partial charge in [-0.05, 0) is 79.1 Å². The summed E-state index contributed by atoms with van der Waals surface area (Å²) in [5.41, 5.74) is 9.18. The molecule has 2 atom stereocenters. The van der Waals surface area contributed by atoms with Gasteiger partial charge in [0.25, 0.3) is 8.53 Å². The molecule has 2 unspecified atom stereocenters. The molecule has 4 aromatic rings. The standard InChI is InChI=1S/C41H48N3O7P/c1-27(2)44(28(3)4)52(50-26-43-41(46)49-24-39-36-20-12-8-16-32(36)33-17-9-13-21-37(33)39)51-29(5)22-47-25-42-40(45)48-23-38-34-18-10-6-14-30(34)31-15-7-11-19-35(31)38/h6-21,27-29,38-39H,22-26H2,1-5H3,(H,42,45)(H,43,46)/i5D. The number of benzene rings is 4. The monoisotopic (exact) mass is 726 g/mol. The minimum absolute atomic E-state index is 0.0409. The molecule has 6 rings (SSSR count). The summed E-state index contributed by atoms with van der Waals surface area (Å²) in [5.74, 6) is -0.0961. The predicted molar refractivity (Wildman–Crippen MR) is 203 cm³/mol. The van der Waals surface area contributed by atoms with Gasteiger partial charge in [-0.3, -0.25) is 10.6 Å². The lowest BCUT2D eigenvalue weighted by Crippen LogP contribution is -2.36. The average molecular weight is 727 g/mol. The number of hydrogen-bond donors (Lipinski definition) is 2. The summed E-state index contributed by atoms with van der Waals surface area (Å²) in [6.45, 7) is 8.20. The summed E-state index contributed by atoms with van der Waals surface area (Å²) in [4.78, 5) is 25.4. The van der Waals surface area contributed by atoms with Crippen molar-refractivity contribution in [2.24, 2.45) is 0 Å². The molecule has 0 bridgehead atoms. The van der Waals surface area contributed by atoms with Crippen LogP contribution in [0.2, 0.25) is 0 Å². The molecular weight excluding hydrogens is 677 g/mol. The van der Waals surface area contributed by atoms with Crippen LogP contribution in [0.5, 0.6) is 0 Å². The number of carbonyl (C=O) groups is 2. The molecule has 0 aliphatic heterocycles. The van der Waals surface area contributed by atoms with Crippen molar-refractivity contribution in [3.8, 4) is 22.3 Å². The molecule has 10 nitrogen and oxygen atoms in total. The van der Waals surface area contributed by atoms with Crippen LogP contribution >= 0.6 is 8.53 Å². The Morgan fingerprint density at radius 2 is 1.08 bits per heavy atom. The third-order valence-corrected chi connectivity index (χ3v) is 11.3. The van der Waals surface area contributed by atoms with Gasteiger partial charge in [-0.1, -0.05) is 97.1 Å². The van der Waals surface area contributed by atoms with Crippen molar-refractivity contribution in [3.63, 3.8) is 0 Å². The Kier molecular flexibility index (Phi) is 12.1. The van der Waals surface area contributed by atoms with Crippen LogP contribution in [0.1, 0.15) is 70.1 Å². The van der Waals surface area contributed by atoms with Gasteiger partial charge in [-0.15, -0.1) is 0 Å². The molecule has 2 aliphatic rings.